The Bertz CT molecular complexity index is 276. The third-order valence-corrected chi connectivity index (χ3v) is 2.12. The zero-order chi connectivity index (χ0) is 9.35. The average molecular weight is 168 g/mol. The maximum Gasteiger partial charge on any atom is 0.191 e. The van der Waals surface area contributed by atoms with Crippen LogP contribution in [-0.4, -0.2) is 12.0 Å². The Morgan fingerprint density at radius 1 is 1.33 bits per heavy atom. The molecule has 0 aromatic carbocycles. The van der Waals surface area contributed by atoms with Gasteiger partial charge in [-0.1, -0.05) is 0 Å². The Kier molecular flexibility index (Phi) is 2.24. The van der Waals surface area contributed by atoms with Crippen molar-refractivity contribution in [3.05, 3.63) is 17.3 Å². The number of nitrogens with zero attached hydrogens (tertiary/aromatic N) is 1. The van der Waals surface area contributed by atoms with Crippen molar-refractivity contribution in [3.8, 4) is 0 Å². The van der Waals surface area contributed by atoms with Crippen molar-refractivity contribution in [1.29, 1.82) is 0 Å². The number of rotatable bonds is 2. The van der Waals surface area contributed by atoms with Crippen LogP contribution in [0.2, 0.25) is 0 Å². The van der Waals surface area contributed by atoms with Crippen LogP contribution in [0, 0.1) is 13.8 Å². The predicted molar refractivity (Wildman–Crippen MR) is 48.1 cm³/mol. The van der Waals surface area contributed by atoms with Crippen molar-refractivity contribution in [3.63, 3.8) is 0 Å². The molecule has 0 saturated heterocycles. The maximum absolute atomic E-state index is 5.35. The van der Waals surface area contributed by atoms with Crippen LogP contribution in [0.25, 0.3) is 0 Å². The molecule has 1 rings (SSSR count). The van der Waals surface area contributed by atoms with Crippen molar-refractivity contribution < 1.29 is 4.42 Å². The molecule has 1 aromatic heterocycles. The number of hydrogen-bond acceptors (Lipinski definition) is 3. The molecule has 3 heteroatoms. The molecule has 0 aliphatic carbocycles. The minimum absolute atomic E-state index is 0.109. The second-order valence-electron chi connectivity index (χ2n) is 3.51. The molecule has 1 aromatic rings. The van der Waals surface area contributed by atoms with Gasteiger partial charge in [-0.05, 0) is 27.8 Å². The van der Waals surface area contributed by atoms with Gasteiger partial charge in [0.25, 0.3) is 0 Å². The third-order valence-electron chi connectivity index (χ3n) is 2.12. The molecule has 1 heterocycles. The van der Waals surface area contributed by atoms with E-state index in [9.17, 15) is 0 Å². The molecular formula is C9H16N2O. The van der Waals surface area contributed by atoms with Gasteiger partial charge in [0.1, 0.15) is 11.5 Å². The van der Waals surface area contributed by atoms with E-state index in [0.29, 0.717) is 0 Å². The Morgan fingerprint density at radius 3 is 2.25 bits per heavy atom. The van der Waals surface area contributed by atoms with E-state index in [-0.39, 0.29) is 5.54 Å². The van der Waals surface area contributed by atoms with Crippen LogP contribution in [0.4, 0.5) is 0 Å². The molecule has 3 nitrogen and oxygen atoms in total. The first kappa shape index (κ1) is 9.26. The molecule has 0 amide bonds. The summed E-state index contributed by atoms with van der Waals surface area (Å²) in [5, 5.41) is 3.19. The van der Waals surface area contributed by atoms with Crippen LogP contribution >= 0.6 is 0 Å². The number of aromatic nitrogens is 1. The lowest BCUT2D eigenvalue weighted by atomic mass is 10.00. The number of oxazole rings is 1. The van der Waals surface area contributed by atoms with Crippen LogP contribution in [0.3, 0.4) is 0 Å². The zero-order valence-corrected chi connectivity index (χ0v) is 8.36. The maximum atomic E-state index is 5.35. The lowest BCUT2D eigenvalue weighted by Gasteiger charge is -2.21. The summed E-state index contributed by atoms with van der Waals surface area (Å²) in [4.78, 5) is 4.32. The Labute approximate surface area is 73.2 Å². The van der Waals surface area contributed by atoms with E-state index >= 15 is 0 Å². The van der Waals surface area contributed by atoms with Crippen LogP contribution in [-0.2, 0) is 5.54 Å². The quantitative estimate of drug-likeness (QED) is 0.731. The molecule has 0 unspecified atom stereocenters. The first-order valence-corrected chi connectivity index (χ1v) is 4.11. The minimum Gasteiger partial charge on any atom is -0.446 e. The van der Waals surface area contributed by atoms with E-state index in [2.05, 4.69) is 24.1 Å². The van der Waals surface area contributed by atoms with Gasteiger partial charge in [-0.3, -0.25) is 0 Å². The van der Waals surface area contributed by atoms with E-state index in [4.69, 9.17) is 4.42 Å². The van der Waals surface area contributed by atoms with E-state index in [1.807, 2.05) is 20.9 Å². The van der Waals surface area contributed by atoms with Gasteiger partial charge in [0.2, 0.25) is 0 Å². The predicted octanol–water partition coefficient (Wildman–Crippen LogP) is 1.75. The van der Waals surface area contributed by atoms with Gasteiger partial charge in [0, 0.05) is 6.92 Å². The van der Waals surface area contributed by atoms with Gasteiger partial charge in [-0.15, -0.1) is 0 Å². The molecule has 0 aliphatic heterocycles. The second-order valence-corrected chi connectivity index (χ2v) is 3.51. The highest BCUT2D eigenvalue weighted by atomic mass is 16.4. The first-order valence-electron chi connectivity index (χ1n) is 4.11. The number of aryl methyl sites for hydroxylation is 2. The summed E-state index contributed by atoms with van der Waals surface area (Å²) in [6, 6.07) is 0. The highest BCUT2D eigenvalue weighted by Gasteiger charge is 2.24. The van der Waals surface area contributed by atoms with Crippen molar-refractivity contribution >= 4 is 0 Å². The topological polar surface area (TPSA) is 38.1 Å². The molecular weight excluding hydrogens is 152 g/mol. The lowest BCUT2D eigenvalue weighted by molar-refractivity contribution is 0.421. The molecule has 0 fully saturated rings. The largest absolute Gasteiger partial charge is 0.446 e. The Balaban J connectivity index is 3.09. The van der Waals surface area contributed by atoms with Gasteiger partial charge in [-0.25, -0.2) is 4.98 Å². The normalized spacial score (nSPS) is 12.1. The van der Waals surface area contributed by atoms with Gasteiger partial charge in [0.15, 0.2) is 5.89 Å². The first-order chi connectivity index (χ1) is 5.47. The fourth-order valence-corrected chi connectivity index (χ4v) is 1.23. The highest BCUT2D eigenvalue weighted by molar-refractivity contribution is 5.17. The number of hydrogen-bond donors (Lipinski definition) is 1. The summed E-state index contributed by atoms with van der Waals surface area (Å²) < 4.78 is 5.35. The van der Waals surface area contributed by atoms with Crippen LogP contribution in [0.15, 0.2) is 4.42 Å². The zero-order valence-electron chi connectivity index (χ0n) is 8.36. The summed E-state index contributed by atoms with van der Waals surface area (Å²) in [6.07, 6.45) is 0. The molecule has 12 heavy (non-hydrogen) atoms. The SMILES string of the molecule is CNC(C)(C)c1nc(C)oc1C. The van der Waals surface area contributed by atoms with Crippen LogP contribution in [0.5, 0.6) is 0 Å². The monoisotopic (exact) mass is 168 g/mol. The molecule has 1 N–H and O–H groups in total. The lowest BCUT2D eigenvalue weighted by Crippen LogP contribution is -2.34. The van der Waals surface area contributed by atoms with Gasteiger partial charge in [-0.2, -0.15) is 0 Å². The summed E-state index contributed by atoms with van der Waals surface area (Å²) in [6.45, 7) is 7.96. The summed E-state index contributed by atoms with van der Waals surface area (Å²) in [7, 11) is 1.92. The average Bonchev–Trinajstić information content (AvgIpc) is 2.31. The van der Waals surface area contributed by atoms with Gasteiger partial charge < -0.3 is 9.73 Å². The second kappa shape index (κ2) is 2.90. The summed E-state index contributed by atoms with van der Waals surface area (Å²) in [5.74, 6) is 1.62. The van der Waals surface area contributed by atoms with E-state index < -0.39 is 0 Å². The van der Waals surface area contributed by atoms with Gasteiger partial charge in [0.05, 0.1) is 5.54 Å². The van der Waals surface area contributed by atoms with Crippen molar-refractivity contribution in [2.45, 2.75) is 33.2 Å². The molecule has 0 aliphatic rings. The van der Waals surface area contributed by atoms with E-state index in [1.54, 1.807) is 0 Å². The van der Waals surface area contributed by atoms with E-state index in [0.717, 1.165) is 17.3 Å². The van der Waals surface area contributed by atoms with Crippen molar-refractivity contribution in [2.75, 3.05) is 7.05 Å². The Morgan fingerprint density at radius 2 is 1.92 bits per heavy atom. The van der Waals surface area contributed by atoms with Crippen molar-refractivity contribution in [1.82, 2.24) is 10.3 Å². The fourth-order valence-electron chi connectivity index (χ4n) is 1.23. The molecule has 0 spiro atoms. The Hall–Kier alpha value is -0.830. The highest BCUT2D eigenvalue weighted by Crippen LogP contribution is 2.22. The van der Waals surface area contributed by atoms with Crippen LogP contribution < -0.4 is 5.32 Å². The molecule has 68 valence electrons. The molecule has 0 radical (unpaired) electrons. The fraction of sp³-hybridized carbons (Fsp3) is 0.667. The van der Waals surface area contributed by atoms with Gasteiger partial charge >= 0.3 is 0 Å². The standard InChI is InChI=1S/C9H16N2O/c1-6-8(9(3,4)10-5)11-7(2)12-6/h10H,1-5H3. The summed E-state index contributed by atoms with van der Waals surface area (Å²) >= 11 is 0. The van der Waals surface area contributed by atoms with E-state index in [1.165, 1.54) is 0 Å². The molecule has 0 bridgehead atoms. The molecule has 0 saturated carbocycles. The van der Waals surface area contributed by atoms with Crippen molar-refractivity contribution in [2.24, 2.45) is 0 Å². The summed E-state index contributed by atoms with van der Waals surface area (Å²) in [5.41, 5.74) is 0.879. The van der Waals surface area contributed by atoms with Crippen LogP contribution in [0.1, 0.15) is 31.2 Å². The minimum atomic E-state index is -0.109. The molecule has 0 atom stereocenters. The smallest absolute Gasteiger partial charge is 0.191 e. The third kappa shape index (κ3) is 1.50. The number of nitrogens with one attached hydrogen (secondary N) is 1.